The monoisotopic (exact) mass is 499 g/mol. The molecule has 1 N–H and O–H groups in total. The molecule has 10 heteroatoms. The molecule has 0 spiro atoms. The minimum absolute atomic E-state index is 0.00588. The van der Waals surface area contributed by atoms with Crippen molar-refractivity contribution in [2.45, 2.75) is 24.7 Å². The van der Waals surface area contributed by atoms with Crippen LogP contribution in [0.5, 0.6) is 5.75 Å². The molecule has 2 heterocycles. The van der Waals surface area contributed by atoms with E-state index < -0.39 is 21.8 Å². The predicted molar refractivity (Wildman–Crippen MR) is 130 cm³/mol. The smallest absolute Gasteiger partial charge is 0.248 e. The number of sulfonamides is 1. The van der Waals surface area contributed by atoms with E-state index in [1.165, 1.54) is 36.6 Å². The molecule has 184 valence electrons. The Morgan fingerprint density at radius 1 is 1.20 bits per heavy atom. The summed E-state index contributed by atoms with van der Waals surface area (Å²) >= 11 is 0. The molecule has 1 saturated heterocycles. The number of halogens is 1. The molecule has 1 fully saturated rings. The summed E-state index contributed by atoms with van der Waals surface area (Å²) in [6.07, 6.45) is 3.90. The Bertz CT molecular complexity index is 1350. The van der Waals surface area contributed by atoms with Crippen LogP contribution >= 0.6 is 0 Å². The van der Waals surface area contributed by atoms with Crippen molar-refractivity contribution in [2.24, 2.45) is 5.92 Å². The molecule has 35 heavy (non-hydrogen) atoms. The predicted octanol–water partition coefficient (Wildman–Crippen LogP) is 4.34. The Kier molecular flexibility index (Phi) is 7.32. The van der Waals surface area contributed by atoms with Crippen LogP contribution in [0, 0.1) is 18.7 Å². The Morgan fingerprint density at radius 3 is 2.71 bits per heavy atom. The van der Waals surface area contributed by atoms with E-state index in [2.05, 4.69) is 10.5 Å². The van der Waals surface area contributed by atoms with E-state index in [0.717, 1.165) is 0 Å². The fourth-order valence-corrected chi connectivity index (χ4v) is 5.83. The summed E-state index contributed by atoms with van der Waals surface area (Å²) in [5.74, 6) is -0.736. The highest BCUT2D eigenvalue weighted by Crippen LogP contribution is 2.30. The Hall–Kier alpha value is -3.50. The van der Waals surface area contributed by atoms with Crippen LogP contribution in [0.15, 0.2) is 57.9 Å². The largest absolute Gasteiger partial charge is 0.495 e. The van der Waals surface area contributed by atoms with E-state index in [4.69, 9.17) is 9.26 Å². The van der Waals surface area contributed by atoms with Crippen LogP contribution in [-0.2, 0) is 14.8 Å². The van der Waals surface area contributed by atoms with Crippen molar-refractivity contribution in [1.29, 1.82) is 0 Å². The van der Waals surface area contributed by atoms with Crippen LogP contribution in [0.25, 0.3) is 12.2 Å². The topological polar surface area (TPSA) is 102 Å². The van der Waals surface area contributed by atoms with Crippen molar-refractivity contribution in [2.75, 3.05) is 25.5 Å². The molecule has 8 nitrogen and oxygen atoms in total. The van der Waals surface area contributed by atoms with Gasteiger partial charge in [0.25, 0.3) is 0 Å². The average Bonchev–Trinajstić information content (AvgIpc) is 3.25. The zero-order valence-corrected chi connectivity index (χ0v) is 20.2. The van der Waals surface area contributed by atoms with Gasteiger partial charge in [-0.1, -0.05) is 35.5 Å². The maximum absolute atomic E-state index is 14.0. The number of benzene rings is 2. The fourth-order valence-electron chi connectivity index (χ4n) is 4.06. The third kappa shape index (κ3) is 5.28. The number of ether oxygens (including phenoxy) is 1. The summed E-state index contributed by atoms with van der Waals surface area (Å²) in [5, 5.41) is 6.66. The van der Waals surface area contributed by atoms with Gasteiger partial charge >= 0.3 is 0 Å². The third-order valence-corrected chi connectivity index (χ3v) is 7.89. The summed E-state index contributed by atoms with van der Waals surface area (Å²) in [6, 6.07) is 13.2. The SMILES string of the molecule is COc1ccccc1NC(=O)[C@@H]1CCCN(S(=O)(=O)c2c(C)noc2/C=C/c2ccccc2F)C1. The van der Waals surface area contributed by atoms with Crippen LogP contribution < -0.4 is 10.1 Å². The molecule has 1 aromatic heterocycles. The van der Waals surface area contributed by atoms with Crippen molar-refractivity contribution in [1.82, 2.24) is 9.46 Å². The number of aryl methyl sites for hydroxylation is 1. The first-order valence-electron chi connectivity index (χ1n) is 11.1. The van der Waals surface area contributed by atoms with E-state index in [-0.39, 0.29) is 40.9 Å². The fraction of sp³-hybridized carbons (Fsp3) is 0.280. The van der Waals surface area contributed by atoms with Crippen LogP contribution in [0.2, 0.25) is 0 Å². The lowest BCUT2D eigenvalue weighted by molar-refractivity contribution is -0.120. The van der Waals surface area contributed by atoms with Crippen molar-refractivity contribution in [3.63, 3.8) is 0 Å². The van der Waals surface area contributed by atoms with Gasteiger partial charge in [-0.25, -0.2) is 12.8 Å². The highest BCUT2D eigenvalue weighted by molar-refractivity contribution is 7.89. The molecule has 2 aromatic carbocycles. The van der Waals surface area contributed by atoms with Gasteiger partial charge in [0.05, 0.1) is 18.7 Å². The Labute approximate surface area is 203 Å². The molecule has 1 atom stereocenters. The van der Waals surface area contributed by atoms with Crippen LogP contribution in [0.4, 0.5) is 10.1 Å². The van der Waals surface area contributed by atoms with Gasteiger partial charge in [0.15, 0.2) is 10.7 Å². The normalized spacial score (nSPS) is 16.9. The highest BCUT2D eigenvalue weighted by atomic mass is 32.2. The standard InChI is InChI=1S/C25H26FN3O5S/c1-17-24(23(34-28-17)14-13-18-8-3-4-10-20(18)26)35(31,32)29-15-7-9-19(16-29)25(30)27-21-11-5-6-12-22(21)33-2/h3-6,8,10-14,19H,7,9,15-16H2,1-2H3,(H,27,30)/b14-13+/t19-/m1/s1. The molecule has 0 radical (unpaired) electrons. The van der Waals surface area contributed by atoms with Crippen molar-refractivity contribution in [3.8, 4) is 5.75 Å². The highest BCUT2D eigenvalue weighted by Gasteiger charge is 2.37. The second kappa shape index (κ2) is 10.4. The van der Waals surface area contributed by atoms with Crippen molar-refractivity contribution < 1.29 is 26.9 Å². The number of hydrogen-bond acceptors (Lipinski definition) is 6. The second-order valence-corrected chi connectivity index (χ2v) is 10.1. The molecule has 4 rings (SSSR count). The maximum Gasteiger partial charge on any atom is 0.248 e. The number of methoxy groups -OCH3 is 1. The number of piperidine rings is 1. The third-order valence-electron chi connectivity index (χ3n) is 5.87. The number of anilines is 1. The maximum atomic E-state index is 14.0. The number of nitrogens with one attached hydrogen (secondary N) is 1. The summed E-state index contributed by atoms with van der Waals surface area (Å²) in [7, 11) is -2.51. The number of para-hydroxylation sites is 2. The molecule has 0 saturated carbocycles. The van der Waals surface area contributed by atoms with Gasteiger partial charge in [-0.15, -0.1) is 0 Å². The number of aromatic nitrogens is 1. The van der Waals surface area contributed by atoms with Gasteiger partial charge < -0.3 is 14.6 Å². The number of carbonyl (C=O) groups excluding carboxylic acids is 1. The van der Waals surface area contributed by atoms with Gasteiger partial charge in [-0.05, 0) is 50.1 Å². The second-order valence-electron chi connectivity index (χ2n) is 8.21. The van der Waals surface area contributed by atoms with Crippen molar-refractivity contribution in [3.05, 3.63) is 71.4 Å². The molecule has 0 aliphatic carbocycles. The number of hydrogen-bond donors (Lipinski definition) is 1. The molecule has 0 unspecified atom stereocenters. The van der Waals surface area contributed by atoms with Gasteiger partial charge in [-0.2, -0.15) is 4.31 Å². The van der Waals surface area contributed by atoms with Crippen LogP contribution in [-0.4, -0.2) is 44.0 Å². The van der Waals surface area contributed by atoms with E-state index in [9.17, 15) is 17.6 Å². The first-order chi connectivity index (χ1) is 16.8. The van der Waals surface area contributed by atoms with Crippen LogP contribution in [0.3, 0.4) is 0 Å². The quantitative estimate of drug-likeness (QED) is 0.519. The molecule has 1 aliphatic rings. The lowest BCUT2D eigenvalue weighted by atomic mass is 9.98. The Balaban J connectivity index is 1.55. The van der Waals surface area contributed by atoms with Gasteiger partial charge in [-0.3, -0.25) is 4.79 Å². The lowest BCUT2D eigenvalue weighted by Gasteiger charge is -2.31. The first-order valence-corrected chi connectivity index (χ1v) is 12.6. The zero-order chi connectivity index (χ0) is 25.0. The first kappa shape index (κ1) is 24.6. The number of carbonyl (C=O) groups is 1. The lowest BCUT2D eigenvalue weighted by Crippen LogP contribution is -2.43. The molecule has 1 aliphatic heterocycles. The van der Waals surface area contributed by atoms with Crippen LogP contribution in [0.1, 0.15) is 29.9 Å². The Morgan fingerprint density at radius 2 is 1.94 bits per heavy atom. The minimum atomic E-state index is -4.02. The number of amides is 1. The molecule has 1 amide bonds. The number of rotatable bonds is 7. The van der Waals surface area contributed by atoms with E-state index in [0.29, 0.717) is 24.3 Å². The van der Waals surface area contributed by atoms with Crippen molar-refractivity contribution >= 4 is 33.8 Å². The number of nitrogens with zero attached hydrogens (tertiary/aromatic N) is 2. The van der Waals surface area contributed by atoms with E-state index in [1.54, 1.807) is 42.5 Å². The summed E-state index contributed by atoms with van der Waals surface area (Å²) in [5.41, 5.74) is 1.00. The molecular formula is C25H26FN3O5S. The summed E-state index contributed by atoms with van der Waals surface area (Å²) in [4.78, 5) is 12.9. The van der Waals surface area contributed by atoms with E-state index >= 15 is 0 Å². The molecule has 0 bridgehead atoms. The zero-order valence-electron chi connectivity index (χ0n) is 19.4. The van der Waals surface area contributed by atoms with Gasteiger partial charge in [0.2, 0.25) is 15.9 Å². The molecular weight excluding hydrogens is 473 g/mol. The summed E-state index contributed by atoms with van der Waals surface area (Å²) in [6.45, 7) is 1.82. The minimum Gasteiger partial charge on any atom is -0.495 e. The molecule has 3 aromatic rings. The average molecular weight is 500 g/mol. The van der Waals surface area contributed by atoms with E-state index in [1.807, 2.05) is 0 Å². The van der Waals surface area contributed by atoms with Gasteiger partial charge in [0.1, 0.15) is 17.3 Å². The van der Waals surface area contributed by atoms with Gasteiger partial charge in [0, 0.05) is 18.7 Å². The summed E-state index contributed by atoms with van der Waals surface area (Å²) < 4.78 is 52.9.